The van der Waals surface area contributed by atoms with Crippen molar-refractivity contribution in [2.45, 2.75) is 19.1 Å². The summed E-state index contributed by atoms with van der Waals surface area (Å²) < 4.78 is 5.13. The Morgan fingerprint density at radius 3 is 3.07 bits per heavy atom. The zero-order valence-corrected chi connectivity index (χ0v) is 8.15. The Hall–Kier alpha value is -1.42. The fourth-order valence-corrected chi connectivity index (χ4v) is 1.45. The van der Waals surface area contributed by atoms with Gasteiger partial charge in [0.2, 0.25) is 5.91 Å². The summed E-state index contributed by atoms with van der Waals surface area (Å²) in [6.07, 6.45) is 5.56. The summed E-state index contributed by atoms with van der Waals surface area (Å²) in [6, 6.07) is -0.300. The minimum atomic E-state index is -0.300. The minimum absolute atomic E-state index is 0.0647. The van der Waals surface area contributed by atoms with Gasteiger partial charge in [0.15, 0.2) is 0 Å². The SMILES string of the molecule is COC1C=CC2=NC(C)C(=O)NC2=C1. The van der Waals surface area contributed by atoms with Gasteiger partial charge in [0.1, 0.15) is 6.04 Å². The molecule has 0 aromatic heterocycles. The summed E-state index contributed by atoms with van der Waals surface area (Å²) in [5, 5.41) is 2.79. The molecule has 2 aliphatic rings. The lowest BCUT2D eigenvalue weighted by Crippen LogP contribution is -2.40. The number of nitrogens with one attached hydrogen (secondary N) is 1. The number of hydrogen-bond donors (Lipinski definition) is 1. The predicted octanol–water partition coefficient (Wildman–Crippen LogP) is 0.414. The summed E-state index contributed by atoms with van der Waals surface area (Å²) in [5.74, 6) is -0.0647. The van der Waals surface area contributed by atoms with Crippen LogP contribution in [0.2, 0.25) is 0 Å². The van der Waals surface area contributed by atoms with Gasteiger partial charge in [0.25, 0.3) is 0 Å². The number of nitrogens with zero attached hydrogens (tertiary/aromatic N) is 1. The third-order valence-corrected chi connectivity index (χ3v) is 2.29. The largest absolute Gasteiger partial charge is 0.373 e. The van der Waals surface area contributed by atoms with E-state index >= 15 is 0 Å². The molecule has 2 atom stereocenters. The Labute approximate surface area is 82.4 Å². The molecular weight excluding hydrogens is 180 g/mol. The molecule has 1 amide bonds. The third kappa shape index (κ3) is 1.48. The molecule has 14 heavy (non-hydrogen) atoms. The Balaban J connectivity index is 2.31. The first-order chi connectivity index (χ1) is 6.70. The predicted molar refractivity (Wildman–Crippen MR) is 53.1 cm³/mol. The number of carbonyl (C=O) groups excluding carboxylic acids is 1. The number of carbonyl (C=O) groups is 1. The number of fused-ring (bicyclic) bond motifs is 1. The Morgan fingerprint density at radius 1 is 1.57 bits per heavy atom. The van der Waals surface area contributed by atoms with Crippen molar-refractivity contribution < 1.29 is 9.53 Å². The van der Waals surface area contributed by atoms with Gasteiger partial charge in [0, 0.05) is 7.11 Å². The second-order valence-corrected chi connectivity index (χ2v) is 3.32. The van der Waals surface area contributed by atoms with Crippen molar-refractivity contribution in [3.05, 3.63) is 23.9 Å². The van der Waals surface area contributed by atoms with E-state index in [0.717, 1.165) is 11.4 Å². The molecule has 0 radical (unpaired) electrons. The molecule has 4 nitrogen and oxygen atoms in total. The van der Waals surface area contributed by atoms with E-state index < -0.39 is 0 Å². The van der Waals surface area contributed by atoms with E-state index in [4.69, 9.17) is 4.74 Å². The number of rotatable bonds is 1. The maximum absolute atomic E-state index is 11.3. The third-order valence-electron chi connectivity index (χ3n) is 2.29. The number of methoxy groups -OCH3 is 1. The summed E-state index contributed by atoms with van der Waals surface area (Å²) in [5.41, 5.74) is 1.58. The highest BCUT2D eigenvalue weighted by Gasteiger charge is 2.24. The fourth-order valence-electron chi connectivity index (χ4n) is 1.45. The molecule has 2 rings (SSSR count). The Kier molecular flexibility index (Phi) is 2.21. The van der Waals surface area contributed by atoms with Crippen molar-refractivity contribution in [1.82, 2.24) is 5.32 Å². The molecular formula is C10H12N2O2. The maximum atomic E-state index is 11.3. The molecule has 74 valence electrons. The van der Waals surface area contributed by atoms with E-state index in [1.54, 1.807) is 14.0 Å². The normalized spacial score (nSPS) is 30.3. The molecule has 1 aliphatic carbocycles. The summed E-state index contributed by atoms with van der Waals surface area (Å²) in [6.45, 7) is 1.77. The van der Waals surface area contributed by atoms with Crippen LogP contribution in [0.4, 0.5) is 0 Å². The second-order valence-electron chi connectivity index (χ2n) is 3.32. The molecule has 4 heteroatoms. The molecule has 0 aromatic rings. The van der Waals surface area contributed by atoms with Gasteiger partial charge in [-0.1, -0.05) is 0 Å². The van der Waals surface area contributed by atoms with Crippen LogP contribution in [0.25, 0.3) is 0 Å². The van der Waals surface area contributed by atoms with Crippen LogP contribution in [-0.2, 0) is 9.53 Å². The van der Waals surface area contributed by atoms with Crippen LogP contribution in [0, 0.1) is 0 Å². The van der Waals surface area contributed by atoms with Gasteiger partial charge in [-0.3, -0.25) is 9.79 Å². The highest BCUT2D eigenvalue weighted by Crippen LogP contribution is 2.14. The van der Waals surface area contributed by atoms with Crippen LogP contribution in [0.5, 0.6) is 0 Å². The van der Waals surface area contributed by atoms with Gasteiger partial charge < -0.3 is 10.1 Å². The van der Waals surface area contributed by atoms with Crippen molar-refractivity contribution in [1.29, 1.82) is 0 Å². The maximum Gasteiger partial charge on any atom is 0.248 e. The van der Waals surface area contributed by atoms with Crippen LogP contribution in [0.3, 0.4) is 0 Å². The van der Waals surface area contributed by atoms with E-state index in [9.17, 15) is 4.79 Å². The zero-order chi connectivity index (χ0) is 10.1. The molecule has 1 N–H and O–H groups in total. The molecule has 0 spiro atoms. The topological polar surface area (TPSA) is 50.7 Å². The molecule has 0 fully saturated rings. The van der Waals surface area contributed by atoms with Crippen LogP contribution >= 0.6 is 0 Å². The lowest BCUT2D eigenvalue weighted by Gasteiger charge is -2.23. The van der Waals surface area contributed by atoms with Crippen LogP contribution < -0.4 is 5.32 Å². The monoisotopic (exact) mass is 192 g/mol. The van der Waals surface area contributed by atoms with Crippen molar-refractivity contribution >= 4 is 11.6 Å². The Bertz CT molecular complexity index is 355. The molecule has 0 saturated carbocycles. The highest BCUT2D eigenvalue weighted by molar-refractivity contribution is 6.14. The van der Waals surface area contributed by atoms with E-state index in [1.165, 1.54) is 0 Å². The first-order valence-corrected chi connectivity index (χ1v) is 4.52. The smallest absolute Gasteiger partial charge is 0.248 e. The molecule has 0 saturated heterocycles. The zero-order valence-electron chi connectivity index (χ0n) is 8.15. The van der Waals surface area contributed by atoms with E-state index in [1.807, 2.05) is 18.2 Å². The minimum Gasteiger partial charge on any atom is -0.373 e. The van der Waals surface area contributed by atoms with Crippen LogP contribution in [0.1, 0.15) is 6.92 Å². The average molecular weight is 192 g/mol. The Morgan fingerprint density at radius 2 is 2.36 bits per heavy atom. The molecule has 2 unspecified atom stereocenters. The standard InChI is InChI=1S/C10H12N2O2/c1-6-10(13)12-9-5-7(14-2)3-4-8(9)11-6/h3-7H,1-2H3,(H,12,13). The molecule has 1 aliphatic heterocycles. The first-order valence-electron chi connectivity index (χ1n) is 4.52. The van der Waals surface area contributed by atoms with E-state index in [2.05, 4.69) is 10.3 Å². The van der Waals surface area contributed by atoms with E-state index in [0.29, 0.717) is 0 Å². The highest BCUT2D eigenvalue weighted by atomic mass is 16.5. The lowest BCUT2D eigenvalue weighted by molar-refractivity contribution is -0.121. The summed E-state index contributed by atoms with van der Waals surface area (Å²) >= 11 is 0. The average Bonchev–Trinajstić information content (AvgIpc) is 2.19. The second kappa shape index (κ2) is 3.38. The van der Waals surface area contributed by atoms with Gasteiger partial charge in [-0.15, -0.1) is 0 Å². The molecule has 1 heterocycles. The lowest BCUT2D eigenvalue weighted by atomic mass is 10.0. The number of aliphatic imine (C=N–C) groups is 1. The fraction of sp³-hybridized carbons (Fsp3) is 0.400. The molecule has 0 bridgehead atoms. The quantitative estimate of drug-likeness (QED) is 0.654. The van der Waals surface area contributed by atoms with Crippen LogP contribution in [-0.4, -0.2) is 30.9 Å². The molecule has 0 aromatic carbocycles. The number of hydrogen-bond acceptors (Lipinski definition) is 3. The van der Waals surface area contributed by atoms with Crippen LogP contribution in [0.15, 0.2) is 28.9 Å². The van der Waals surface area contributed by atoms with Crippen molar-refractivity contribution in [3.8, 4) is 0 Å². The van der Waals surface area contributed by atoms with Gasteiger partial charge in [0.05, 0.1) is 17.5 Å². The van der Waals surface area contributed by atoms with E-state index in [-0.39, 0.29) is 18.1 Å². The summed E-state index contributed by atoms with van der Waals surface area (Å²) in [7, 11) is 1.63. The number of amides is 1. The first kappa shape index (κ1) is 9.15. The van der Waals surface area contributed by atoms with Gasteiger partial charge in [-0.05, 0) is 25.2 Å². The van der Waals surface area contributed by atoms with Crippen molar-refractivity contribution in [2.75, 3.05) is 7.11 Å². The van der Waals surface area contributed by atoms with Crippen molar-refractivity contribution in [3.63, 3.8) is 0 Å². The van der Waals surface area contributed by atoms with Gasteiger partial charge in [-0.25, -0.2) is 0 Å². The number of ether oxygens (including phenoxy) is 1. The van der Waals surface area contributed by atoms with Crippen molar-refractivity contribution in [2.24, 2.45) is 4.99 Å². The van der Waals surface area contributed by atoms with Gasteiger partial charge >= 0.3 is 0 Å². The summed E-state index contributed by atoms with van der Waals surface area (Å²) in [4.78, 5) is 15.6. The van der Waals surface area contributed by atoms with Gasteiger partial charge in [-0.2, -0.15) is 0 Å². The number of allylic oxidation sites excluding steroid dienone is 1.